The van der Waals surface area contributed by atoms with Gasteiger partial charge in [-0.3, -0.25) is 9.48 Å². The number of nitrogens with zero attached hydrogens (tertiary/aromatic N) is 3. The van der Waals surface area contributed by atoms with E-state index in [0.717, 1.165) is 25.1 Å². The summed E-state index contributed by atoms with van der Waals surface area (Å²) in [5, 5.41) is 4.43. The van der Waals surface area contributed by atoms with Gasteiger partial charge in [0.1, 0.15) is 0 Å². The number of piperidine rings is 1. The van der Waals surface area contributed by atoms with Crippen molar-refractivity contribution in [1.29, 1.82) is 0 Å². The molecular formula is C19H27ClN4O. The van der Waals surface area contributed by atoms with Crippen LogP contribution in [0.3, 0.4) is 0 Å². The molecule has 2 N–H and O–H groups in total. The van der Waals surface area contributed by atoms with E-state index in [1.807, 2.05) is 34.7 Å². The lowest BCUT2D eigenvalue weighted by molar-refractivity contribution is 0.0573. The minimum atomic E-state index is 0. The topological polar surface area (TPSA) is 64.2 Å². The number of hydrogen-bond acceptors (Lipinski definition) is 3. The van der Waals surface area contributed by atoms with Crippen LogP contribution in [0.15, 0.2) is 36.5 Å². The summed E-state index contributed by atoms with van der Waals surface area (Å²) in [6.45, 7) is 6.18. The zero-order chi connectivity index (χ0) is 17.1. The van der Waals surface area contributed by atoms with Gasteiger partial charge in [-0.25, -0.2) is 0 Å². The molecule has 1 amide bonds. The van der Waals surface area contributed by atoms with E-state index in [9.17, 15) is 4.79 Å². The van der Waals surface area contributed by atoms with Crippen molar-refractivity contribution < 1.29 is 4.79 Å². The van der Waals surface area contributed by atoms with E-state index in [1.165, 1.54) is 5.56 Å². The first-order valence-electron chi connectivity index (χ1n) is 8.67. The zero-order valence-corrected chi connectivity index (χ0v) is 15.7. The van der Waals surface area contributed by atoms with Crippen molar-refractivity contribution in [2.75, 3.05) is 13.1 Å². The van der Waals surface area contributed by atoms with Crippen LogP contribution < -0.4 is 5.73 Å². The van der Waals surface area contributed by atoms with E-state index < -0.39 is 0 Å². The van der Waals surface area contributed by atoms with Crippen LogP contribution in [0.25, 0.3) is 0 Å². The second-order valence-corrected chi connectivity index (χ2v) is 6.80. The predicted octanol–water partition coefficient (Wildman–Crippen LogP) is 2.86. The van der Waals surface area contributed by atoms with E-state index in [-0.39, 0.29) is 24.4 Å². The molecule has 1 aromatic heterocycles. The van der Waals surface area contributed by atoms with Crippen molar-refractivity contribution in [1.82, 2.24) is 14.7 Å². The van der Waals surface area contributed by atoms with Crippen molar-refractivity contribution in [3.63, 3.8) is 0 Å². The van der Waals surface area contributed by atoms with Crippen molar-refractivity contribution in [3.05, 3.63) is 53.3 Å². The standard InChI is InChI=1S/C19H26N4O.ClH/c1-14-8-9-22(17(10-14)11-20)19(24)18-12-21-23(15(18)2)13-16-6-4-3-5-7-16;/h3-7,12,14,17H,8-11,13,20H2,1-2H3;1H. The molecule has 2 heterocycles. The van der Waals surface area contributed by atoms with Crippen LogP contribution in [0.5, 0.6) is 0 Å². The molecule has 136 valence electrons. The summed E-state index contributed by atoms with van der Waals surface area (Å²) in [4.78, 5) is 14.9. The Hall–Kier alpha value is -1.85. The summed E-state index contributed by atoms with van der Waals surface area (Å²) in [6, 6.07) is 10.3. The maximum atomic E-state index is 13.0. The van der Waals surface area contributed by atoms with E-state index in [1.54, 1.807) is 6.20 Å². The van der Waals surface area contributed by atoms with Gasteiger partial charge < -0.3 is 10.6 Å². The maximum Gasteiger partial charge on any atom is 0.257 e. The highest BCUT2D eigenvalue weighted by molar-refractivity contribution is 5.95. The van der Waals surface area contributed by atoms with Gasteiger partial charge >= 0.3 is 0 Å². The van der Waals surface area contributed by atoms with Crippen molar-refractivity contribution in [3.8, 4) is 0 Å². The molecule has 0 saturated carbocycles. The highest BCUT2D eigenvalue weighted by atomic mass is 35.5. The van der Waals surface area contributed by atoms with Crippen LogP contribution in [-0.2, 0) is 6.54 Å². The first kappa shape index (κ1) is 19.5. The van der Waals surface area contributed by atoms with Crippen molar-refractivity contribution in [2.24, 2.45) is 11.7 Å². The summed E-state index contributed by atoms with van der Waals surface area (Å²) < 4.78 is 1.90. The highest BCUT2D eigenvalue weighted by Crippen LogP contribution is 2.24. The van der Waals surface area contributed by atoms with Gasteiger partial charge in [-0.2, -0.15) is 5.10 Å². The fourth-order valence-electron chi connectivity index (χ4n) is 3.47. The van der Waals surface area contributed by atoms with Gasteiger partial charge in [-0.05, 0) is 31.2 Å². The Morgan fingerprint density at radius 3 is 2.72 bits per heavy atom. The normalized spacial score (nSPS) is 20.2. The van der Waals surface area contributed by atoms with Gasteiger partial charge in [0, 0.05) is 24.8 Å². The average molecular weight is 363 g/mol. The Kier molecular flexibility index (Phi) is 6.62. The lowest BCUT2D eigenvalue weighted by Crippen LogP contribution is -2.49. The molecule has 1 fully saturated rings. The predicted molar refractivity (Wildman–Crippen MR) is 102 cm³/mol. The van der Waals surface area contributed by atoms with E-state index in [4.69, 9.17) is 5.73 Å². The Morgan fingerprint density at radius 2 is 2.04 bits per heavy atom. The first-order valence-corrected chi connectivity index (χ1v) is 8.67. The number of aromatic nitrogens is 2. The van der Waals surface area contributed by atoms with E-state index in [0.29, 0.717) is 24.6 Å². The van der Waals surface area contributed by atoms with Crippen molar-refractivity contribution in [2.45, 2.75) is 39.3 Å². The largest absolute Gasteiger partial charge is 0.334 e. The van der Waals surface area contributed by atoms with Gasteiger partial charge in [0.25, 0.3) is 5.91 Å². The number of nitrogens with two attached hydrogens (primary N) is 1. The monoisotopic (exact) mass is 362 g/mol. The molecule has 1 aromatic carbocycles. The number of benzene rings is 1. The SMILES string of the molecule is Cc1c(C(=O)N2CCC(C)CC2CN)cnn1Cc1ccccc1.Cl. The third-order valence-electron chi connectivity index (χ3n) is 5.02. The molecule has 0 bridgehead atoms. The Balaban J connectivity index is 0.00000225. The molecule has 2 unspecified atom stereocenters. The molecule has 2 aromatic rings. The molecule has 2 atom stereocenters. The number of rotatable bonds is 4. The molecule has 0 spiro atoms. The number of amides is 1. The quantitative estimate of drug-likeness (QED) is 0.909. The minimum absolute atomic E-state index is 0. The summed E-state index contributed by atoms with van der Waals surface area (Å²) in [7, 11) is 0. The Morgan fingerprint density at radius 1 is 1.32 bits per heavy atom. The van der Waals surface area contributed by atoms with Gasteiger partial charge in [-0.15, -0.1) is 12.4 Å². The molecule has 3 rings (SSSR count). The lowest BCUT2D eigenvalue weighted by Gasteiger charge is -2.38. The van der Waals surface area contributed by atoms with Crippen LogP contribution in [0.4, 0.5) is 0 Å². The zero-order valence-electron chi connectivity index (χ0n) is 14.9. The van der Waals surface area contributed by atoms with Crippen LogP contribution in [0, 0.1) is 12.8 Å². The number of likely N-dealkylation sites (tertiary alicyclic amines) is 1. The summed E-state index contributed by atoms with van der Waals surface area (Å²) in [5.74, 6) is 0.693. The lowest BCUT2D eigenvalue weighted by atomic mass is 9.92. The molecule has 1 saturated heterocycles. The summed E-state index contributed by atoms with van der Waals surface area (Å²) >= 11 is 0. The minimum Gasteiger partial charge on any atom is -0.334 e. The van der Waals surface area contributed by atoms with Crippen LogP contribution >= 0.6 is 12.4 Å². The molecule has 25 heavy (non-hydrogen) atoms. The molecule has 0 radical (unpaired) electrons. The van der Waals surface area contributed by atoms with Gasteiger partial charge in [0.2, 0.25) is 0 Å². The number of hydrogen-bond donors (Lipinski definition) is 1. The molecule has 6 heteroatoms. The maximum absolute atomic E-state index is 13.0. The molecule has 0 aliphatic carbocycles. The number of carbonyl (C=O) groups is 1. The summed E-state index contributed by atoms with van der Waals surface area (Å²) in [5.41, 5.74) is 8.69. The molecule has 1 aliphatic heterocycles. The van der Waals surface area contributed by atoms with Gasteiger partial charge in [0.05, 0.1) is 18.3 Å². The van der Waals surface area contributed by atoms with E-state index in [2.05, 4.69) is 24.2 Å². The van der Waals surface area contributed by atoms with Crippen LogP contribution in [0.2, 0.25) is 0 Å². The van der Waals surface area contributed by atoms with E-state index >= 15 is 0 Å². The fourth-order valence-corrected chi connectivity index (χ4v) is 3.47. The Bertz CT molecular complexity index is 701. The van der Waals surface area contributed by atoms with Gasteiger partial charge in [0.15, 0.2) is 0 Å². The van der Waals surface area contributed by atoms with Crippen LogP contribution in [-0.4, -0.2) is 39.7 Å². The second kappa shape index (κ2) is 8.50. The second-order valence-electron chi connectivity index (χ2n) is 6.80. The van der Waals surface area contributed by atoms with Crippen LogP contribution in [0.1, 0.15) is 41.4 Å². The fraction of sp³-hybridized carbons (Fsp3) is 0.474. The van der Waals surface area contributed by atoms with Crippen molar-refractivity contribution >= 4 is 18.3 Å². The first-order chi connectivity index (χ1) is 11.6. The Labute approximate surface area is 155 Å². The number of carbonyl (C=O) groups excluding carboxylic acids is 1. The third kappa shape index (κ3) is 4.22. The molecule has 5 nitrogen and oxygen atoms in total. The number of halogens is 1. The highest BCUT2D eigenvalue weighted by Gasteiger charge is 2.31. The third-order valence-corrected chi connectivity index (χ3v) is 5.02. The summed E-state index contributed by atoms with van der Waals surface area (Å²) in [6.07, 6.45) is 3.73. The molecule has 1 aliphatic rings. The smallest absolute Gasteiger partial charge is 0.257 e. The average Bonchev–Trinajstić information content (AvgIpc) is 2.96. The van der Waals surface area contributed by atoms with Gasteiger partial charge in [-0.1, -0.05) is 37.3 Å². The molecular weight excluding hydrogens is 336 g/mol.